The highest BCUT2D eigenvalue weighted by molar-refractivity contribution is 6.19. The summed E-state index contributed by atoms with van der Waals surface area (Å²) in [7, 11) is 8.25. The Labute approximate surface area is 189 Å². The molecule has 0 radical (unpaired) electrons. The molecular formula is C22H24N3O8+. The normalized spacial score (nSPS) is 17.3. The molecule has 33 heavy (non-hydrogen) atoms. The molecule has 1 aliphatic heterocycles. The summed E-state index contributed by atoms with van der Waals surface area (Å²) in [6, 6.07) is 0.898. The van der Waals surface area contributed by atoms with E-state index < -0.39 is 29.7 Å². The van der Waals surface area contributed by atoms with Crippen LogP contribution in [0.1, 0.15) is 10.4 Å². The molecule has 0 saturated heterocycles. The maximum atomic E-state index is 13.1. The number of fused-ring (bicyclic) bond motifs is 1. The van der Waals surface area contributed by atoms with Gasteiger partial charge >= 0.3 is 17.9 Å². The second-order valence-electron chi connectivity index (χ2n) is 7.11. The fraction of sp³-hybridized carbons (Fsp3) is 0.318. The molecule has 0 bridgehead atoms. The number of allylic oxidation sites excluding steroid dienone is 1. The third kappa shape index (κ3) is 3.93. The van der Waals surface area contributed by atoms with E-state index in [-0.39, 0.29) is 34.1 Å². The lowest BCUT2D eigenvalue weighted by Gasteiger charge is -2.24. The van der Waals surface area contributed by atoms with E-state index in [1.54, 1.807) is 7.05 Å². The number of carbonyl (C=O) groups excluding carboxylic acids is 4. The highest BCUT2D eigenvalue weighted by atomic mass is 16.5. The number of methoxy groups -OCH3 is 4. The molecule has 1 aromatic rings. The minimum atomic E-state index is -0.809. The number of nitrogens with zero attached hydrogens (tertiary/aromatic N) is 2. The van der Waals surface area contributed by atoms with Gasteiger partial charge in [0.2, 0.25) is 5.75 Å². The van der Waals surface area contributed by atoms with Crippen molar-refractivity contribution in [1.29, 1.82) is 0 Å². The number of imide groups is 1. The van der Waals surface area contributed by atoms with Gasteiger partial charge in [-0.05, 0) is 18.2 Å². The van der Waals surface area contributed by atoms with Gasteiger partial charge in [-0.1, -0.05) is 0 Å². The quantitative estimate of drug-likeness (QED) is 0.499. The molecule has 0 saturated carbocycles. The predicted octanol–water partition coefficient (Wildman–Crippen LogP) is 1.23. The number of hydrogen-bond donors (Lipinski definition) is 1. The van der Waals surface area contributed by atoms with Crippen LogP contribution < -0.4 is 19.5 Å². The zero-order chi connectivity index (χ0) is 24.4. The molecule has 11 heteroatoms. The van der Waals surface area contributed by atoms with Crippen LogP contribution in [0.4, 0.5) is 10.5 Å². The lowest BCUT2D eigenvalue weighted by Crippen LogP contribution is -2.51. The Morgan fingerprint density at radius 1 is 1.03 bits per heavy atom. The van der Waals surface area contributed by atoms with Gasteiger partial charge in [-0.25, -0.2) is 9.59 Å². The number of amides is 4. The first-order chi connectivity index (χ1) is 15.7. The van der Waals surface area contributed by atoms with E-state index in [1.807, 2.05) is 0 Å². The monoisotopic (exact) mass is 458 g/mol. The molecule has 0 aromatic heterocycles. The Hall–Kier alpha value is -4.15. The SMILES string of the molecule is COC(=O)c1cc(OC)c(OC)c(OC)c1NC(=O)C1=CC2C(=O)N(C)C(=O)[N+](C)=C2C=C1. The van der Waals surface area contributed by atoms with Crippen molar-refractivity contribution in [3.05, 3.63) is 35.4 Å². The van der Waals surface area contributed by atoms with Gasteiger partial charge in [-0.2, -0.15) is 14.3 Å². The first kappa shape index (κ1) is 23.5. The van der Waals surface area contributed by atoms with Crippen LogP contribution in [0.3, 0.4) is 0 Å². The van der Waals surface area contributed by atoms with E-state index in [0.29, 0.717) is 5.71 Å². The zero-order valence-corrected chi connectivity index (χ0v) is 19.0. The summed E-state index contributed by atoms with van der Waals surface area (Å²) in [6.45, 7) is 0. The minimum absolute atomic E-state index is 0.00969. The van der Waals surface area contributed by atoms with E-state index in [0.717, 1.165) is 4.90 Å². The molecular weight excluding hydrogens is 434 g/mol. The summed E-state index contributed by atoms with van der Waals surface area (Å²) in [6.07, 6.45) is 4.47. The van der Waals surface area contributed by atoms with Crippen LogP contribution in [-0.2, 0) is 14.3 Å². The van der Waals surface area contributed by atoms with Crippen LogP contribution >= 0.6 is 0 Å². The summed E-state index contributed by atoms with van der Waals surface area (Å²) in [5, 5.41) is 2.65. The van der Waals surface area contributed by atoms with E-state index in [1.165, 1.54) is 64.4 Å². The number of ether oxygens (including phenoxy) is 4. The number of anilines is 1. The molecule has 1 aromatic carbocycles. The van der Waals surface area contributed by atoms with Crippen molar-refractivity contribution in [3.8, 4) is 17.2 Å². The van der Waals surface area contributed by atoms with Crippen molar-refractivity contribution in [2.24, 2.45) is 5.92 Å². The summed E-state index contributed by atoms with van der Waals surface area (Å²) >= 11 is 0. The lowest BCUT2D eigenvalue weighted by atomic mass is 9.91. The van der Waals surface area contributed by atoms with Crippen LogP contribution in [0.15, 0.2) is 29.9 Å². The van der Waals surface area contributed by atoms with Gasteiger partial charge in [0.25, 0.3) is 5.91 Å². The highest BCUT2D eigenvalue weighted by Gasteiger charge is 2.44. The fourth-order valence-electron chi connectivity index (χ4n) is 3.64. The average Bonchev–Trinajstić information content (AvgIpc) is 2.84. The summed E-state index contributed by atoms with van der Waals surface area (Å²) in [5.41, 5.74) is 0.599. The maximum absolute atomic E-state index is 13.1. The van der Waals surface area contributed by atoms with Gasteiger partial charge in [0.15, 0.2) is 11.5 Å². The van der Waals surface area contributed by atoms with Gasteiger partial charge in [0, 0.05) is 11.6 Å². The molecule has 11 nitrogen and oxygen atoms in total. The van der Waals surface area contributed by atoms with Crippen molar-refractivity contribution < 1.29 is 42.7 Å². The third-order valence-electron chi connectivity index (χ3n) is 5.39. The number of carbonyl (C=O) groups is 4. The predicted molar refractivity (Wildman–Crippen MR) is 116 cm³/mol. The Bertz CT molecular complexity index is 1150. The molecule has 1 heterocycles. The highest BCUT2D eigenvalue weighted by Crippen LogP contribution is 2.45. The topological polar surface area (TPSA) is 123 Å². The molecule has 174 valence electrons. The molecule has 1 aliphatic carbocycles. The molecule has 1 N–H and O–H groups in total. The van der Waals surface area contributed by atoms with Crippen LogP contribution in [0.2, 0.25) is 0 Å². The Balaban J connectivity index is 2.05. The van der Waals surface area contributed by atoms with E-state index in [9.17, 15) is 19.2 Å². The number of urea groups is 1. The van der Waals surface area contributed by atoms with Gasteiger partial charge in [0.1, 0.15) is 17.3 Å². The number of nitrogens with one attached hydrogen (secondary N) is 1. The summed E-state index contributed by atoms with van der Waals surface area (Å²) in [5.74, 6) is -2.20. The summed E-state index contributed by atoms with van der Waals surface area (Å²) < 4.78 is 22.2. The second kappa shape index (κ2) is 9.15. The second-order valence-corrected chi connectivity index (χ2v) is 7.11. The van der Waals surface area contributed by atoms with Crippen LogP contribution in [-0.4, -0.2) is 81.5 Å². The molecule has 3 rings (SSSR count). The number of hydrogen-bond acceptors (Lipinski definition) is 8. The smallest absolute Gasteiger partial charge is 0.493 e. The Morgan fingerprint density at radius 3 is 2.27 bits per heavy atom. The molecule has 0 fully saturated rings. The van der Waals surface area contributed by atoms with Gasteiger partial charge in [-0.3, -0.25) is 4.79 Å². The number of rotatable bonds is 6. The number of benzene rings is 1. The van der Waals surface area contributed by atoms with E-state index in [2.05, 4.69) is 5.32 Å². The number of esters is 1. The molecule has 0 spiro atoms. The standard InChI is InChI=1S/C22H23N3O8/c1-24-14-8-7-11(9-12(14)20(27)25(2)22(24)29)19(26)23-16-13(21(28)33-6)10-15(30-3)17(31-4)18(16)32-5/h7-10,12H,1-6H3/p+1. The Morgan fingerprint density at radius 2 is 1.70 bits per heavy atom. The van der Waals surface area contributed by atoms with Crippen molar-refractivity contribution in [2.75, 3.05) is 47.9 Å². The zero-order valence-electron chi connectivity index (χ0n) is 19.0. The largest absolute Gasteiger partial charge is 0.500 e. The van der Waals surface area contributed by atoms with Gasteiger partial charge < -0.3 is 24.3 Å². The van der Waals surface area contributed by atoms with Crippen molar-refractivity contribution in [2.45, 2.75) is 0 Å². The summed E-state index contributed by atoms with van der Waals surface area (Å²) in [4.78, 5) is 51.3. The Kier molecular flexibility index (Phi) is 6.52. The molecule has 4 amide bonds. The maximum Gasteiger partial charge on any atom is 0.500 e. The van der Waals surface area contributed by atoms with Crippen LogP contribution in [0.25, 0.3) is 0 Å². The molecule has 1 atom stereocenters. The third-order valence-corrected chi connectivity index (χ3v) is 5.39. The van der Waals surface area contributed by atoms with Crippen molar-refractivity contribution in [1.82, 2.24) is 4.90 Å². The fourth-order valence-corrected chi connectivity index (χ4v) is 3.64. The van der Waals surface area contributed by atoms with Gasteiger partial charge in [0.05, 0.1) is 48.1 Å². The molecule has 2 aliphatic rings. The minimum Gasteiger partial charge on any atom is -0.493 e. The average molecular weight is 458 g/mol. The lowest BCUT2D eigenvalue weighted by molar-refractivity contribution is -0.405. The first-order valence-electron chi connectivity index (χ1n) is 9.74. The van der Waals surface area contributed by atoms with E-state index >= 15 is 0 Å². The van der Waals surface area contributed by atoms with Crippen LogP contribution in [0.5, 0.6) is 17.2 Å². The first-order valence-corrected chi connectivity index (χ1v) is 9.74. The molecule has 1 unspecified atom stereocenters. The van der Waals surface area contributed by atoms with E-state index in [4.69, 9.17) is 18.9 Å². The van der Waals surface area contributed by atoms with Crippen LogP contribution in [0, 0.1) is 5.92 Å². The van der Waals surface area contributed by atoms with Crippen molar-refractivity contribution in [3.63, 3.8) is 0 Å². The van der Waals surface area contributed by atoms with Gasteiger partial charge in [-0.15, -0.1) is 0 Å². The van der Waals surface area contributed by atoms with Crippen molar-refractivity contribution >= 4 is 35.2 Å².